The lowest BCUT2D eigenvalue weighted by molar-refractivity contribution is 0.0696. The van der Waals surface area contributed by atoms with E-state index in [1.807, 2.05) is 18.3 Å². The van der Waals surface area contributed by atoms with Crippen molar-refractivity contribution in [2.45, 2.75) is 37.9 Å². The number of ether oxygens (including phenoxy) is 1. The molecule has 3 heterocycles. The van der Waals surface area contributed by atoms with Crippen LogP contribution in [0.1, 0.15) is 45.5 Å². The van der Waals surface area contributed by atoms with Crippen molar-refractivity contribution in [3.8, 4) is 0 Å². The predicted octanol–water partition coefficient (Wildman–Crippen LogP) is 3.26. The lowest BCUT2D eigenvalue weighted by Gasteiger charge is -2.25. The van der Waals surface area contributed by atoms with Gasteiger partial charge in [-0.05, 0) is 61.4 Å². The van der Waals surface area contributed by atoms with Crippen molar-refractivity contribution in [3.05, 3.63) is 65.5 Å². The van der Waals surface area contributed by atoms with Crippen LogP contribution in [0.15, 0.2) is 53.9 Å². The summed E-state index contributed by atoms with van der Waals surface area (Å²) in [5, 5.41) is 14.8. The van der Waals surface area contributed by atoms with E-state index in [9.17, 15) is 9.59 Å². The van der Waals surface area contributed by atoms with Crippen LogP contribution in [-0.4, -0.2) is 52.4 Å². The summed E-state index contributed by atoms with van der Waals surface area (Å²) in [6, 6.07) is 10.5. The van der Waals surface area contributed by atoms with Crippen molar-refractivity contribution in [2.75, 3.05) is 7.05 Å². The molecule has 0 aliphatic carbocycles. The Hall–Kier alpha value is -3.06. The minimum atomic E-state index is -0.913. The van der Waals surface area contributed by atoms with Crippen LogP contribution in [0.2, 0.25) is 0 Å². The number of benzene rings is 1. The van der Waals surface area contributed by atoms with Gasteiger partial charge >= 0.3 is 5.97 Å². The van der Waals surface area contributed by atoms with Crippen LogP contribution in [-0.2, 0) is 11.2 Å². The zero-order chi connectivity index (χ0) is 21.1. The second-order valence-corrected chi connectivity index (χ2v) is 7.91. The molecule has 156 valence electrons. The van der Waals surface area contributed by atoms with Crippen LogP contribution < -0.4 is 0 Å². The highest BCUT2D eigenvalue weighted by Crippen LogP contribution is 2.44. The fourth-order valence-corrected chi connectivity index (χ4v) is 4.45. The normalized spacial score (nSPS) is 25.0. The number of aryl methyl sites for hydroxylation is 1. The first-order valence-electron chi connectivity index (χ1n) is 10.2. The standard InChI is InChI=1S/C23H25N3O4/c1-26(22(27)17-3-2-12-24-13-17)25-14-19-18(20-10-11-21(19)30-20)9-6-15-4-7-16(8-5-15)23(28)29/h2-5,7-8,12-14,18-21H,6,9-11H2,1H3,(H,28,29)/t18-,19-,20+,21-/m0/s1. The maximum atomic E-state index is 12.5. The van der Waals surface area contributed by atoms with Crippen LogP contribution in [0, 0.1) is 11.8 Å². The number of aromatic carboxylic acids is 1. The number of hydrogen-bond donors (Lipinski definition) is 1. The molecule has 7 nitrogen and oxygen atoms in total. The Kier molecular flexibility index (Phi) is 5.90. The van der Waals surface area contributed by atoms with E-state index >= 15 is 0 Å². The van der Waals surface area contributed by atoms with Crippen LogP contribution >= 0.6 is 0 Å². The van der Waals surface area contributed by atoms with Crippen LogP contribution in [0.4, 0.5) is 0 Å². The molecule has 2 bridgehead atoms. The van der Waals surface area contributed by atoms with Gasteiger partial charge in [0.2, 0.25) is 0 Å². The summed E-state index contributed by atoms with van der Waals surface area (Å²) in [7, 11) is 1.65. The second kappa shape index (κ2) is 8.75. The lowest BCUT2D eigenvalue weighted by atomic mass is 9.77. The van der Waals surface area contributed by atoms with Gasteiger partial charge in [-0.15, -0.1) is 0 Å². The Morgan fingerprint density at radius 3 is 2.67 bits per heavy atom. The van der Waals surface area contributed by atoms with Crippen molar-refractivity contribution < 1.29 is 19.4 Å². The Balaban J connectivity index is 1.40. The molecule has 1 N–H and O–H groups in total. The molecule has 1 amide bonds. The minimum Gasteiger partial charge on any atom is -0.478 e. The summed E-state index contributed by atoms with van der Waals surface area (Å²) in [5.74, 6) is -0.595. The van der Waals surface area contributed by atoms with Crippen LogP contribution in [0.3, 0.4) is 0 Å². The number of carbonyl (C=O) groups is 2. The molecule has 30 heavy (non-hydrogen) atoms. The van der Waals surface area contributed by atoms with Gasteiger partial charge in [-0.25, -0.2) is 9.80 Å². The molecule has 0 radical (unpaired) electrons. The number of amides is 1. The summed E-state index contributed by atoms with van der Waals surface area (Å²) in [6.07, 6.45) is 9.28. The van der Waals surface area contributed by atoms with Crippen molar-refractivity contribution in [1.29, 1.82) is 0 Å². The summed E-state index contributed by atoms with van der Waals surface area (Å²) in [4.78, 5) is 27.5. The summed E-state index contributed by atoms with van der Waals surface area (Å²) in [5.41, 5.74) is 1.92. The minimum absolute atomic E-state index is 0.153. The van der Waals surface area contributed by atoms with Crippen LogP contribution in [0.25, 0.3) is 0 Å². The van der Waals surface area contributed by atoms with E-state index in [0.717, 1.165) is 31.2 Å². The third kappa shape index (κ3) is 4.26. The van der Waals surface area contributed by atoms with E-state index < -0.39 is 5.97 Å². The zero-order valence-electron chi connectivity index (χ0n) is 16.8. The molecule has 2 aliphatic rings. The third-order valence-electron chi connectivity index (χ3n) is 6.07. The van der Waals surface area contributed by atoms with Crippen molar-refractivity contribution in [3.63, 3.8) is 0 Å². The molecule has 4 rings (SSSR count). The van der Waals surface area contributed by atoms with Gasteiger partial charge in [0.05, 0.1) is 23.3 Å². The van der Waals surface area contributed by atoms with Crippen molar-refractivity contribution in [1.82, 2.24) is 9.99 Å². The largest absolute Gasteiger partial charge is 0.478 e. The SMILES string of the molecule is CN(N=C[C@H]1[C@H](CCc2ccc(C(=O)O)cc2)[C@H]2CC[C@@H]1O2)C(=O)c1cccnc1. The van der Waals surface area contributed by atoms with Gasteiger partial charge in [0, 0.05) is 31.6 Å². The summed E-state index contributed by atoms with van der Waals surface area (Å²) < 4.78 is 6.13. The first kappa shape index (κ1) is 20.2. The van der Waals surface area contributed by atoms with E-state index in [1.165, 1.54) is 11.2 Å². The first-order valence-corrected chi connectivity index (χ1v) is 10.2. The van der Waals surface area contributed by atoms with Crippen molar-refractivity contribution >= 4 is 18.1 Å². The molecule has 1 aromatic heterocycles. The molecule has 4 atom stereocenters. The maximum Gasteiger partial charge on any atom is 0.335 e. The molecule has 0 unspecified atom stereocenters. The number of rotatable bonds is 7. The Bertz CT molecular complexity index is 929. The maximum absolute atomic E-state index is 12.5. The number of aromatic nitrogens is 1. The number of fused-ring (bicyclic) bond motifs is 2. The smallest absolute Gasteiger partial charge is 0.335 e. The molecule has 0 saturated carbocycles. The van der Waals surface area contributed by atoms with E-state index in [1.54, 1.807) is 37.5 Å². The molecule has 0 spiro atoms. The van der Waals surface area contributed by atoms with E-state index in [2.05, 4.69) is 10.1 Å². The fourth-order valence-electron chi connectivity index (χ4n) is 4.45. The number of hydrogen-bond acceptors (Lipinski definition) is 5. The predicted molar refractivity (Wildman–Crippen MR) is 111 cm³/mol. The fraction of sp³-hybridized carbons (Fsp3) is 0.391. The number of carboxylic acid groups (broad SMARTS) is 1. The van der Waals surface area contributed by atoms with Gasteiger partial charge in [0.15, 0.2) is 0 Å². The molecule has 2 aromatic rings. The number of nitrogens with zero attached hydrogens (tertiary/aromatic N) is 3. The number of carboxylic acids is 1. The Labute approximate surface area is 175 Å². The summed E-state index contributed by atoms with van der Waals surface area (Å²) >= 11 is 0. The molecule has 2 aliphatic heterocycles. The van der Waals surface area contributed by atoms with E-state index in [0.29, 0.717) is 17.0 Å². The topological polar surface area (TPSA) is 92.1 Å². The second-order valence-electron chi connectivity index (χ2n) is 7.91. The highest BCUT2D eigenvalue weighted by Gasteiger charge is 2.47. The number of carbonyl (C=O) groups excluding carboxylic acids is 1. The molecular formula is C23H25N3O4. The molecule has 2 saturated heterocycles. The molecular weight excluding hydrogens is 382 g/mol. The Morgan fingerprint density at radius 2 is 1.97 bits per heavy atom. The average molecular weight is 407 g/mol. The van der Waals surface area contributed by atoms with Crippen LogP contribution in [0.5, 0.6) is 0 Å². The van der Waals surface area contributed by atoms with Gasteiger partial charge < -0.3 is 9.84 Å². The van der Waals surface area contributed by atoms with Gasteiger partial charge in [0.1, 0.15) is 0 Å². The van der Waals surface area contributed by atoms with E-state index in [4.69, 9.17) is 9.84 Å². The molecule has 7 heteroatoms. The quantitative estimate of drug-likeness (QED) is 0.562. The first-order chi connectivity index (χ1) is 14.5. The average Bonchev–Trinajstić information content (AvgIpc) is 3.38. The van der Waals surface area contributed by atoms with Gasteiger partial charge in [-0.1, -0.05) is 12.1 Å². The zero-order valence-corrected chi connectivity index (χ0v) is 16.8. The monoisotopic (exact) mass is 407 g/mol. The van der Waals surface area contributed by atoms with Crippen molar-refractivity contribution in [2.24, 2.45) is 16.9 Å². The van der Waals surface area contributed by atoms with E-state index in [-0.39, 0.29) is 24.0 Å². The third-order valence-corrected chi connectivity index (χ3v) is 6.07. The molecule has 1 aromatic carbocycles. The van der Waals surface area contributed by atoms with Gasteiger partial charge in [-0.2, -0.15) is 5.10 Å². The summed E-state index contributed by atoms with van der Waals surface area (Å²) in [6.45, 7) is 0. The highest BCUT2D eigenvalue weighted by molar-refractivity contribution is 5.93. The van der Waals surface area contributed by atoms with Gasteiger partial charge in [-0.3, -0.25) is 9.78 Å². The Morgan fingerprint density at radius 1 is 1.20 bits per heavy atom. The number of hydrazone groups is 1. The lowest BCUT2D eigenvalue weighted by Crippen LogP contribution is -2.30. The van der Waals surface area contributed by atoms with Gasteiger partial charge in [0.25, 0.3) is 5.91 Å². The molecule has 2 fully saturated rings. The number of pyridine rings is 1. The highest BCUT2D eigenvalue weighted by atomic mass is 16.5.